The van der Waals surface area contributed by atoms with Crippen LogP contribution in [0.2, 0.25) is 5.02 Å². The molecular formula is C16H14ClNO2. The Labute approximate surface area is 122 Å². The molecule has 0 unspecified atom stereocenters. The molecule has 0 heterocycles. The second kappa shape index (κ2) is 6.26. The molecule has 4 heteroatoms. The van der Waals surface area contributed by atoms with E-state index in [1.165, 1.54) is 6.08 Å². The second-order valence-corrected chi connectivity index (χ2v) is 4.78. The molecule has 20 heavy (non-hydrogen) atoms. The molecule has 0 saturated carbocycles. The number of carbonyl (C=O) groups is 1. The van der Waals surface area contributed by atoms with Crippen molar-refractivity contribution < 1.29 is 9.90 Å². The number of anilines is 1. The van der Waals surface area contributed by atoms with E-state index in [0.29, 0.717) is 10.6 Å². The lowest BCUT2D eigenvalue weighted by Crippen LogP contribution is -1.96. The highest BCUT2D eigenvalue weighted by Crippen LogP contribution is 2.20. The standard InChI is InChI=1S/C16H14ClNO2/c1-11-10-14(19)6-7-15(11)18-9-8-16(20)12-2-4-13(17)5-3-12/h2-10,18-19H,1H3/b9-8+. The van der Waals surface area contributed by atoms with E-state index in [9.17, 15) is 9.90 Å². The first-order valence-corrected chi connectivity index (χ1v) is 6.46. The van der Waals surface area contributed by atoms with E-state index in [1.54, 1.807) is 48.7 Å². The number of nitrogens with one attached hydrogen (secondary N) is 1. The number of allylic oxidation sites excluding steroid dienone is 1. The lowest BCUT2D eigenvalue weighted by Gasteiger charge is -2.05. The number of halogens is 1. The Morgan fingerprint density at radius 3 is 2.55 bits per heavy atom. The second-order valence-electron chi connectivity index (χ2n) is 4.35. The quantitative estimate of drug-likeness (QED) is 0.504. The maximum absolute atomic E-state index is 11.9. The molecule has 2 aromatic carbocycles. The Bertz CT molecular complexity index is 648. The lowest BCUT2D eigenvalue weighted by molar-refractivity contribution is 0.104. The fourth-order valence-corrected chi connectivity index (χ4v) is 1.85. The fourth-order valence-electron chi connectivity index (χ4n) is 1.73. The molecular weight excluding hydrogens is 274 g/mol. The van der Waals surface area contributed by atoms with Crippen molar-refractivity contribution in [3.63, 3.8) is 0 Å². The Balaban J connectivity index is 2.02. The molecule has 0 atom stereocenters. The smallest absolute Gasteiger partial charge is 0.187 e. The number of hydrogen-bond acceptors (Lipinski definition) is 3. The molecule has 0 aromatic heterocycles. The molecule has 0 fully saturated rings. The maximum Gasteiger partial charge on any atom is 0.187 e. The van der Waals surface area contributed by atoms with Crippen LogP contribution in [0.3, 0.4) is 0 Å². The van der Waals surface area contributed by atoms with Gasteiger partial charge in [-0.15, -0.1) is 0 Å². The fraction of sp³-hybridized carbons (Fsp3) is 0.0625. The molecule has 0 aliphatic heterocycles. The number of rotatable bonds is 4. The summed E-state index contributed by atoms with van der Waals surface area (Å²) in [5.74, 6) is 0.111. The van der Waals surface area contributed by atoms with Gasteiger partial charge in [-0.05, 0) is 55.0 Å². The molecule has 2 aromatic rings. The molecule has 2 rings (SSSR count). The lowest BCUT2D eigenvalue weighted by atomic mass is 10.1. The third kappa shape index (κ3) is 3.62. The van der Waals surface area contributed by atoms with Crippen molar-refractivity contribution in [3.8, 4) is 5.75 Å². The average molecular weight is 288 g/mol. The van der Waals surface area contributed by atoms with Crippen LogP contribution in [0.15, 0.2) is 54.7 Å². The van der Waals surface area contributed by atoms with Gasteiger partial charge in [-0.3, -0.25) is 4.79 Å². The summed E-state index contributed by atoms with van der Waals surface area (Å²) in [6, 6.07) is 11.7. The summed E-state index contributed by atoms with van der Waals surface area (Å²) in [5.41, 5.74) is 2.31. The zero-order valence-electron chi connectivity index (χ0n) is 10.9. The van der Waals surface area contributed by atoms with Gasteiger partial charge in [0, 0.05) is 28.5 Å². The van der Waals surface area contributed by atoms with Crippen LogP contribution in [0.25, 0.3) is 0 Å². The number of benzene rings is 2. The predicted molar refractivity (Wildman–Crippen MR) is 81.4 cm³/mol. The number of phenols is 1. The van der Waals surface area contributed by atoms with Crippen molar-refractivity contribution in [2.24, 2.45) is 0 Å². The number of carbonyl (C=O) groups excluding carboxylic acids is 1. The van der Waals surface area contributed by atoms with Crippen LogP contribution in [0, 0.1) is 6.92 Å². The SMILES string of the molecule is Cc1cc(O)ccc1N/C=C/C(=O)c1ccc(Cl)cc1. The highest BCUT2D eigenvalue weighted by molar-refractivity contribution is 6.30. The van der Waals surface area contributed by atoms with Crippen molar-refractivity contribution in [3.05, 3.63) is 70.9 Å². The Morgan fingerprint density at radius 1 is 1.20 bits per heavy atom. The monoisotopic (exact) mass is 287 g/mol. The van der Waals surface area contributed by atoms with Gasteiger partial charge in [0.1, 0.15) is 5.75 Å². The number of hydrogen-bond donors (Lipinski definition) is 2. The minimum atomic E-state index is -0.106. The van der Waals surface area contributed by atoms with Gasteiger partial charge in [-0.1, -0.05) is 11.6 Å². The van der Waals surface area contributed by atoms with Crippen LogP contribution in [0.4, 0.5) is 5.69 Å². The summed E-state index contributed by atoms with van der Waals surface area (Å²) in [6.45, 7) is 1.87. The first-order valence-electron chi connectivity index (χ1n) is 6.09. The van der Waals surface area contributed by atoms with E-state index in [2.05, 4.69) is 5.32 Å². The van der Waals surface area contributed by atoms with Crippen LogP contribution in [0.1, 0.15) is 15.9 Å². The number of aromatic hydroxyl groups is 1. The Hall–Kier alpha value is -2.26. The van der Waals surface area contributed by atoms with E-state index in [-0.39, 0.29) is 11.5 Å². The normalized spacial score (nSPS) is 10.7. The molecule has 0 bridgehead atoms. The number of ketones is 1. The first-order chi connectivity index (χ1) is 9.56. The molecule has 0 radical (unpaired) electrons. The van der Waals surface area contributed by atoms with Gasteiger partial charge in [0.05, 0.1) is 0 Å². The van der Waals surface area contributed by atoms with Crippen LogP contribution in [-0.4, -0.2) is 10.9 Å². The van der Waals surface area contributed by atoms with Crippen molar-refractivity contribution >= 4 is 23.1 Å². The largest absolute Gasteiger partial charge is 0.508 e. The van der Waals surface area contributed by atoms with Crippen LogP contribution < -0.4 is 5.32 Å². The summed E-state index contributed by atoms with van der Waals surface area (Å²) in [4.78, 5) is 11.9. The molecule has 102 valence electrons. The minimum Gasteiger partial charge on any atom is -0.508 e. The van der Waals surface area contributed by atoms with E-state index in [0.717, 1.165) is 11.3 Å². The summed E-state index contributed by atoms with van der Waals surface area (Å²) in [5, 5.41) is 12.9. The Morgan fingerprint density at radius 2 is 1.90 bits per heavy atom. The van der Waals surface area contributed by atoms with E-state index < -0.39 is 0 Å². The first kappa shape index (κ1) is 14.2. The van der Waals surface area contributed by atoms with Crippen LogP contribution in [-0.2, 0) is 0 Å². The van der Waals surface area contributed by atoms with E-state index in [1.807, 2.05) is 6.92 Å². The van der Waals surface area contributed by atoms with Crippen molar-refractivity contribution in [1.29, 1.82) is 0 Å². The topological polar surface area (TPSA) is 49.3 Å². The van der Waals surface area contributed by atoms with Gasteiger partial charge in [0.15, 0.2) is 5.78 Å². The zero-order valence-corrected chi connectivity index (χ0v) is 11.7. The summed E-state index contributed by atoms with van der Waals surface area (Å²) >= 11 is 5.77. The zero-order chi connectivity index (χ0) is 14.5. The average Bonchev–Trinajstić information content (AvgIpc) is 2.42. The third-order valence-electron chi connectivity index (χ3n) is 2.81. The van der Waals surface area contributed by atoms with Gasteiger partial charge < -0.3 is 10.4 Å². The summed E-state index contributed by atoms with van der Waals surface area (Å²) < 4.78 is 0. The Kier molecular flexibility index (Phi) is 4.43. The van der Waals surface area contributed by atoms with Gasteiger partial charge >= 0.3 is 0 Å². The highest BCUT2D eigenvalue weighted by Gasteiger charge is 2.01. The van der Waals surface area contributed by atoms with Gasteiger partial charge in [-0.2, -0.15) is 0 Å². The van der Waals surface area contributed by atoms with Crippen molar-refractivity contribution in [2.45, 2.75) is 6.92 Å². The van der Waals surface area contributed by atoms with E-state index in [4.69, 9.17) is 11.6 Å². The van der Waals surface area contributed by atoms with Crippen molar-refractivity contribution in [2.75, 3.05) is 5.32 Å². The van der Waals surface area contributed by atoms with Crippen LogP contribution in [0.5, 0.6) is 5.75 Å². The molecule has 0 spiro atoms. The predicted octanol–water partition coefficient (Wildman–Crippen LogP) is 4.16. The third-order valence-corrected chi connectivity index (χ3v) is 3.06. The van der Waals surface area contributed by atoms with Gasteiger partial charge in [0.25, 0.3) is 0 Å². The highest BCUT2D eigenvalue weighted by atomic mass is 35.5. The molecule has 2 N–H and O–H groups in total. The van der Waals surface area contributed by atoms with Crippen LogP contribution >= 0.6 is 11.6 Å². The molecule has 0 aliphatic rings. The van der Waals surface area contributed by atoms with Gasteiger partial charge in [-0.25, -0.2) is 0 Å². The number of phenolic OH excluding ortho intramolecular Hbond substituents is 1. The molecule has 0 aliphatic carbocycles. The van der Waals surface area contributed by atoms with Crippen molar-refractivity contribution in [1.82, 2.24) is 0 Å². The number of aryl methyl sites for hydroxylation is 1. The summed E-state index contributed by atoms with van der Waals surface area (Å²) in [7, 11) is 0. The summed E-state index contributed by atoms with van der Waals surface area (Å²) in [6.07, 6.45) is 3.03. The van der Waals surface area contributed by atoms with E-state index >= 15 is 0 Å². The molecule has 0 saturated heterocycles. The maximum atomic E-state index is 11.9. The molecule has 3 nitrogen and oxygen atoms in total. The molecule has 0 amide bonds. The van der Waals surface area contributed by atoms with Gasteiger partial charge in [0.2, 0.25) is 0 Å². The minimum absolute atomic E-state index is 0.106.